The number of benzene rings is 2. The summed E-state index contributed by atoms with van der Waals surface area (Å²) >= 11 is 1.60. The molecule has 1 saturated heterocycles. The third kappa shape index (κ3) is 5.84. The van der Waals surface area contributed by atoms with Crippen molar-refractivity contribution in [1.82, 2.24) is 10.3 Å². The summed E-state index contributed by atoms with van der Waals surface area (Å²) in [6, 6.07) is 20.7. The van der Waals surface area contributed by atoms with Crippen LogP contribution in [0.5, 0.6) is 0 Å². The lowest BCUT2D eigenvalue weighted by Crippen LogP contribution is -2.42. The molecule has 10 heteroatoms. The van der Waals surface area contributed by atoms with Gasteiger partial charge in [0.15, 0.2) is 5.13 Å². The molecule has 6 rings (SSSR count). The van der Waals surface area contributed by atoms with Crippen LogP contribution < -0.4 is 15.5 Å². The number of thiazole rings is 1. The number of nitriles is 1. The second-order valence-electron chi connectivity index (χ2n) is 11.1. The van der Waals surface area contributed by atoms with Crippen LogP contribution in [0, 0.1) is 17.2 Å². The van der Waals surface area contributed by atoms with Crippen LogP contribution in [-0.2, 0) is 4.79 Å². The van der Waals surface area contributed by atoms with E-state index in [4.69, 9.17) is 4.98 Å². The highest BCUT2D eigenvalue weighted by molar-refractivity contribution is 8.24. The lowest BCUT2D eigenvalue weighted by molar-refractivity contribution is -0.127. The van der Waals surface area contributed by atoms with E-state index in [0.717, 1.165) is 71.2 Å². The third-order valence-corrected chi connectivity index (χ3v) is 11.0. The van der Waals surface area contributed by atoms with Crippen LogP contribution in [-0.4, -0.2) is 50.1 Å². The number of nitrogens with zero attached hydrogens (tertiary/aromatic N) is 3. The minimum absolute atomic E-state index is 0.0206. The van der Waals surface area contributed by atoms with E-state index in [-0.39, 0.29) is 17.7 Å². The number of carbonyl (C=O) groups excluding carboxylic acids is 1. The predicted molar refractivity (Wildman–Crippen MR) is 162 cm³/mol. The van der Waals surface area contributed by atoms with E-state index >= 15 is 0 Å². The lowest BCUT2D eigenvalue weighted by Gasteiger charge is -2.41. The molecule has 1 amide bonds. The quantitative estimate of drug-likeness (QED) is 0.251. The van der Waals surface area contributed by atoms with Gasteiger partial charge in [0.25, 0.3) is 0 Å². The molecule has 0 spiro atoms. The number of aromatic nitrogens is 1. The van der Waals surface area contributed by atoms with Gasteiger partial charge in [0.1, 0.15) is 5.54 Å². The van der Waals surface area contributed by atoms with Gasteiger partial charge in [-0.3, -0.25) is 13.9 Å². The van der Waals surface area contributed by atoms with E-state index < -0.39 is 16.1 Å². The monoisotopic (exact) mass is 577 g/mol. The number of nitrogens with one attached hydrogen (secondary N) is 2. The zero-order valence-corrected chi connectivity index (χ0v) is 24.0. The number of rotatable bonds is 7. The molecule has 2 saturated carbocycles. The average Bonchev–Trinajstić information content (AvgIpc) is 3.63. The molecule has 8 nitrogen and oxygen atoms in total. The zero-order chi connectivity index (χ0) is 27.7. The molecule has 0 bridgehead atoms. The predicted octanol–water partition coefficient (Wildman–Crippen LogP) is 6.57. The maximum atomic E-state index is 13.5. The van der Waals surface area contributed by atoms with Crippen LogP contribution >= 0.6 is 21.9 Å². The number of para-hydroxylation sites is 1. The fraction of sp³-hybridized carbons (Fsp3) is 0.433. The van der Waals surface area contributed by atoms with Gasteiger partial charge in [-0.2, -0.15) is 15.9 Å². The standard InChI is InChI=1S/C30H35N5O3S2/c31-20-30(14-15-30)34-28(36)25-9-5-4-8-24(25)26-27(39-29(33-26)32-22-6-2-1-3-7-22)21-10-12-23(13-11-21)35-16-18-40(37,38)19-17-35/h1-3,6-7,10-13,24-25,37-38H,4-5,8-9,14-19H2,(H,32,33)(H,34,36)/t24-,25-/m1/s1. The van der Waals surface area contributed by atoms with E-state index in [9.17, 15) is 19.2 Å². The van der Waals surface area contributed by atoms with E-state index in [2.05, 4.69) is 45.9 Å². The molecule has 40 heavy (non-hydrogen) atoms. The summed E-state index contributed by atoms with van der Waals surface area (Å²) in [4.78, 5) is 21.8. The largest absolute Gasteiger partial charge is 0.368 e. The first-order valence-electron chi connectivity index (χ1n) is 14.0. The molecule has 4 N–H and O–H groups in total. The molecular weight excluding hydrogens is 542 g/mol. The summed E-state index contributed by atoms with van der Waals surface area (Å²) in [6.45, 7) is 1.25. The molecule has 3 aliphatic rings. The summed E-state index contributed by atoms with van der Waals surface area (Å²) in [6.07, 6.45) is 5.17. The molecule has 0 unspecified atom stereocenters. The van der Waals surface area contributed by atoms with Crippen molar-refractivity contribution in [1.29, 1.82) is 5.26 Å². The normalized spacial score (nSPS) is 24.0. The molecule has 3 aromatic rings. The van der Waals surface area contributed by atoms with Crippen LogP contribution in [0.4, 0.5) is 16.5 Å². The van der Waals surface area contributed by atoms with E-state index in [1.165, 1.54) is 0 Å². The number of amides is 1. The molecule has 2 heterocycles. The molecule has 3 fully saturated rings. The Labute approximate surface area is 240 Å². The molecular formula is C30H35N5O3S2. The molecule has 0 radical (unpaired) electrons. The van der Waals surface area contributed by atoms with Crippen LogP contribution in [0.2, 0.25) is 0 Å². The van der Waals surface area contributed by atoms with Gasteiger partial charge in [-0.05, 0) is 55.5 Å². The van der Waals surface area contributed by atoms with Crippen molar-refractivity contribution in [3.8, 4) is 16.5 Å². The van der Waals surface area contributed by atoms with Gasteiger partial charge in [-0.15, -0.1) is 0 Å². The van der Waals surface area contributed by atoms with Crippen LogP contribution in [0.3, 0.4) is 0 Å². The maximum absolute atomic E-state index is 13.5. The highest BCUT2D eigenvalue weighted by Crippen LogP contribution is 2.47. The molecule has 1 aliphatic heterocycles. The Morgan fingerprint density at radius 1 is 1.05 bits per heavy atom. The first-order chi connectivity index (χ1) is 19.3. The van der Waals surface area contributed by atoms with Crippen LogP contribution in [0.15, 0.2) is 54.6 Å². The van der Waals surface area contributed by atoms with Gasteiger partial charge in [-0.25, -0.2) is 4.98 Å². The van der Waals surface area contributed by atoms with Gasteiger partial charge < -0.3 is 15.5 Å². The van der Waals surface area contributed by atoms with Crippen molar-refractivity contribution in [2.45, 2.75) is 50.0 Å². The van der Waals surface area contributed by atoms with Gasteiger partial charge in [0, 0.05) is 36.3 Å². The number of carbonyl (C=O) groups is 1. The Kier molecular flexibility index (Phi) is 7.48. The fourth-order valence-electron chi connectivity index (χ4n) is 5.79. The molecule has 210 valence electrons. The second kappa shape index (κ2) is 11.1. The number of anilines is 3. The zero-order valence-electron chi connectivity index (χ0n) is 22.4. The number of hydrogen-bond acceptors (Lipinski definition) is 8. The highest BCUT2D eigenvalue weighted by atomic mass is 32.3. The fourth-order valence-corrected chi connectivity index (χ4v) is 8.08. The van der Waals surface area contributed by atoms with Crippen LogP contribution in [0.1, 0.15) is 50.1 Å². The Morgan fingerprint density at radius 3 is 2.42 bits per heavy atom. The molecule has 2 atom stereocenters. The van der Waals surface area contributed by atoms with E-state index in [1.54, 1.807) is 11.3 Å². The van der Waals surface area contributed by atoms with Crippen LogP contribution in [0.25, 0.3) is 10.4 Å². The van der Waals surface area contributed by atoms with E-state index in [1.807, 2.05) is 30.3 Å². The summed E-state index contributed by atoms with van der Waals surface area (Å²) in [5.74, 6) is 0.554. The Morgan fingerprint density at radius 2 is 1.75 bits per heavy atom. The Balaban J connectivity index is 1.31. The Hall–Kier alpha value is -3.10. The number of hydrogen-bond donors (Lipinski definition) is 4. The lowest BCUT2D eigenvalue weighted by atomic mass is 9.76. The van der Waals surface area contributed by atoms with Crippen molar-refractivity contribution >= 4 is 44.3 Å². The SMILES string of the molecule is N#CC1(NC(=O)[C@@H]2CCCC[C@H]2c2nc(Nc3ccccc3)sc2-c2ccc(N3CCS(O)(O)CC3)cc2)CC1. The summed E-state index contributed by atoms with van der Waals surface area (Å²) in [5, 5.41) is 16.9. The summed E-state index contributed by atoms with van der Waals surface area (Å²) in [5.41, 5.74) is 3.35. The Bertz CT molecular complexity index is 1390. The van der Waals surface area contributed by atoms with Crippen molar-refractivity contribution in [2.75, 3.05) is 34.8 Å². The molecule has 2 aliphatic carbocycles. The average molecular weight is 578 g/mol. The van der Waals surface area contributed by atoms with Gasteiger partial charge in [0.05, 0.1) is 28.1 Å². The van der Waals surface area contributed by atoms with E-state index in [0.29, 0.717) is 24.6 Å². The molecule has 1 aromatic heterocycles. The third-order valence-electron chi connectivity index (χ3n) is 8.33. The second-order valence-corrected chi connectivity index (χ2v) is 14.6. The summed E-state index contributed by atoms with van der Waals surface area (Å²) < 4.78 is 20.0. The molecule has 2 aromatic carbocycles. The maximum Gasteiger partial charge on any atom is 0.225 e. The highest BCUT2D eigenvalue weighted by Gasteiger charge is 2.47. The van der Waals surface area contributed by atoms with Crippen molar-refractivity contribution in [3.05, 3.63) is 60.3 Å². The first-order valence-corrected chi connectivity index (χ1v) is 16.7. The van der Waals surface area contributed by atoms with Crippen molar-refractivity contribution in [2.24, 2.45) is 5.92 Å². The topological polar surface area (TPSA) is 122 Å². The minimum Gasteiger partial charge on any atom is -0.368 e. The first kappa shape index (κ1) is 27.1. The van der Waals surface area contributed by atoms with Crippen molar-refractivity contribution in [3.63, 3.8) is 0 Å². The smallest absolute Gasteiger partial charge is 0.225 e. The van der Waals surface area contributed by atoms with Gasteiger partial charge >= 0.3 is 0 Å². The van der Waals surface area contributed by atoms with Gasteiger partial charge in [0.2, 0.25) is 5.91 Å². The van der Waals surface area contributed by atoms with Crippen molar-refractivity contribution < 1.29 is 13.9 Å². The van der Waals surface area contributed by atoms with Gasteiger partial charge in [-0.1, -0.05) is 54.5 Å². The summed E-state index contributed by atoms with van der Waals surface area (Å²) in [7, 11) is -2.44. The minimum atomic E-state index is -2.44.